The van der Waals surface area contributed by atoms with Gasteiger partial charge in [-0.1, -0.05) is 42.5 Å². The molecule has 3 N–H and O–H groups in total. The van der Waals surface area contributed by atoms with Crippen molar-refractivity contribution in [3.63, 3.8) is 0 Å². The molecule has 0 aromatic heterocycles. The van der Waals surface area contributed by atoms with Crippen molar-refractivity contribution >= 4 is 12.6 Å². The molecular weight excluding hydrogens is 244 g/mol. The van der Waals surface area contributed by atoms with Crippen LogP contribution in [0.4, 0.5) is 4.39 Å². The standard InChI is InChI=1S/C14H15BFNO2/c16-14-7-6-12(8-13(14)15(18)19)10-17-9-11-4-2-1-3-5-11/h1-8,17-19H,9-10H2. The van der Waals surface area contributed by atoms with Crippen molar-refractivity contribution in [2.75, 3.05) is 0 Å². The zero-order chi connectivity index (χ0) is 13.7. The van der Waals surface area contributed by atoms with Gasteiger partial charge in [-0.05, 0) is 17.2 Å². The Morgan fingerprint density at radius 2 is 1.63 bits per heavy atom. The highest BCUT2D eigenvalue weighted by atomic mass is 19.1. The molecular formula is C14H15BFNO2. The maximum absolute atomic E-state index is 13.3. The van der Waals surface area contributed by atoms with E-state index in [1.54, 1.807) is 6.07 Å². The first-order valence-corrected chi connectivity index (χ1v) is 6.06. The Morgan fingerprint density at radius 3 is 2.32 bits per heavy atom. The van der Waals surface area contributed by atoms with E-state index in [0.29, 0.717) is 13.1 Å². The average molecular weight is 259 g/mol. The van der Waals surface area contributed by atoms with E-state index in [9.17, 15) is 4.39 Å². The van der Waals surface area contributed by atoms with Crippen LogP contribution in [0.15, 0.2) is 48.5 Å². The van der Waals surface area contributed by atoms with Gasteiger partial charge in [-0.15, -0.1) is 0 Å². The number of hydrogen-bond acceptors (Lipinski definition) is 3. The van der Waals surface area contributed by atoms with Crippen molar-refractivity contribution < 1.29 is 14.4 Å². The van der Waals surface area contributed by atoms with Crippen LogP contribution in [-0.4, -0.2) is 17.2 Å². The number of halogens is 1. The summed E-state index contributed by atoms with van der Waals surface area (Å²) >= 11 is 0. The summed E-state index contributed by atoms with van der Waals surface area (Å²) in [5, 5.41) is 21.3. The van der Waals surface area contributed by atoms with E-state index in [1.807, 2.05) is 30.3 Å². The summed E-state index contributed by atoms with van der Waals surface area (Å²) in [4.78, 5) is 0. The van der Waals surface area contributed by atoms with Crippen molar-refractivity contribution in [3.8, 4) is 0 Å². The number of benzene rings is 2. The van der Waals surface area contributed by atoms with Gasteiger partial charge in [0.15, 0.2) is 0 Å². The molecule has 0 aliphatic heterocycles. The van der Waals surface area contributed by atoms with Crippen molar-refractivity contribution in [2.24, 2.45) is 0 Å². The first-order chi connectivity index (χ1) is 9.16. The number of nitrogens with one attached hydrogen (secondary N) is 1. The molecule has 98 valence electrons. The lowest BCUT2D eigenvalue weighted by Gasteiger charge is -2.08. The van der Waals surface area contributed by atoms with Crippen LogP contribution in [0, 0.1) is 5.82 Å². The summed E-state index contributed by atoms with van der Waals surface area (Å²) in [5.74, 6) is -0.609. The molecule has 0 aliphatic carbocycles. The lowest BCUT2D eigenvalue weighted by Crippen LogP contribution is -2.33. The number of hydrogen-bond donors (Lipinski definition) is 3. The summed E-state index contributed by atoms with van der Waals surface area (Å²) in [7, 11) is -1.78. The molecule has 0 aliphatic rings. The summed E-state index contributed by atoms with van der Waals surface area (Å²) in [5.41, 5.74) is 1.87. The lowest BCUT2D eigenvalue weighted by molar-refractivity contribution is 0.423. The summed E-state index contributed by atoms with van der Waals surface area (Å²) in [6.07, 6.45) is 0. The van der Waals surface area contributed by atoms with E-state index < -0.39 is 12.9 Å². The number of rotatable bonds is 5. The van der Waals surface area contributed by atoms with Gasteiger partial charge in [-0.2, -0.15) is 0 Å². The van der Waals surface area contributed by atoms with Crippen molar-refractivity contribution in [1.29, 1.82) is 0 Å². The molecule has 0 atom stereocenters. The third-order valence-corrected chi connectivity index (χ3v) is 2.84. The summed E-state index contributed by atoms with van der Waals surface area (Å²) < 4.78 is 13.3. The minimum absolute atomic E-state index is 0.0981. The van der Waals surface area contributed by atoms with E-state index in [1.165, 1.54) is 12.1 Å². The fourth-order valence-electron chi connectivity index (χ4n) is 1.85. The van der Waals surface area contributed by atoms with Crippen LogP contribution in [0.25, 0.3) is 0 Å². The molecule has 5 heteroatoms. The van der Waals surface area contributed by atoms with Gasteiger partial charge in [-0.3, -0.25) is 0 Å². The summed E-state index contributed by atoms with van der Waals surface area (Å²) in [6.45, 7) is 1.24. The molecule has 0 heterocycles. The maximum Gasteiger partial charge on any atom is 0.491 e. The Kier molecular flexibility index (Phi) is 4.68. The topological polar surface area (TPSA) is 52.5 Å². The average Bonchev–Trinajstić information content (AvgIpc) is 2.41. The molecule has 2 aromatic carbocycles. The van der Waals surface area contributed by atoms with Gasteiger partial charge in [0.2, 0.25) is 0 Å². The normalized spacial score (nSPS) is 10.5. The molecule has 0 radical (unpaired) electrons. The molecule has 0 saturated carbocycles. The van der Waals surface area contributed by atoms with E-state index in [0.717, 1.165) is 11.1 Å². The third kappa shape index (κ3) is 3.89. The SMILES string of the molecule is OB(O)c1cc(CNCc2ccccc2)ccc1F. The van der Waals surface area contributed by atoms with Crippen molar-refractivity contribution in [3.05, 3.63) is 65.5 Å². The van der Waals surface area contributed by atoms with Crippen LogP contribution in [-0.2, 0) is 13.1 Å². The molecule has 0 fully saturated rings. The molecule has 0 saturated heterocycles. The largest absolute Gasteiger partial charge is 0.491 e. The van der Waals surface area contributed by atoms with Gasteiger partial charge in [0.25, 0.3) is 0 Å². The maximum atomic E-state index is 13.3. The van der Waals surface area contributed by atoms with Crippen LogP contribution < -0.4 is 10.8 Å². The van der Waals surface area contributed by atoms with E-state index in [-0.39, 0.29) is 5.46 Å². The van der Waals surface area contributed by atoms with E-state index in [4.69, 9.17) is 10.0 Å². The molecule has 2 rings (SSSR count). The molecule has 19 heavy (non-hydrogen) atoms. The Hall–Kier alpha value is -1.69. The molecule has 0 bridgehead atoms. The monoisotopic (exact) mass is 259 g/mol. The van der Waals surface area contributed by atoms with E-state index in [2.05, 4.69) is 5.32 Å². The predicted octanol–water partition coefficient (Wildman–Crippen LogP) is 0.795. The van der Waals surface area contributed by atoms with Crippen LogP contribution in [0.5, 0.6) is 0 Å². The molecule has 0 amide bonds. The first-order valence-electron chi connectivity index (χ1n) is 6.06. The third-order valence-electron chi connectivity index (χ3n) is 2.84. The quantitative estimate of drug-likeness (QED) is 0.696. The van der Waals surface area contributed by atoms with Gasteiger partial charge in [0.05, 0.1) is 0 Å². The highest BCUT2D eigenvalue weighted by Crippen LogP contribution is 2.03. The fraction of sp³-hybridized carbons (Fsp3) is 0.143. The summed E-state index contributed by atoms with van der Waals surface area (Å²) in [6, 6.07) is 14.2. The molecule has 0 unspecified atom stereocenters. The molecule has 2 aromatic rings. The zero-order valence-electron chi connectivity index (χ0n) is 10.4. The van der Waals surface area contributed by atoms with Crippen LogP contribution in [0.3, 0.4) is 0 Å². The van der Waals surface area contributed by atoms with Gasteiger partial charge < -0.3 is 15.4 Å². The Bertz CT molecular complexity index is 534. The van der Waals surface area contributed by atoms with Crippen LogP contribution in [0.2, 0.25) is 0 Å². The van der Waals surface area contributed by atoms with Gasteiger partial charge in [0.1, 0.15) is 5.82 Å². The lowest BCUT2D eigenvalue weighted by atomic mass is 9.79. The Balaban J connectivity index is 1.95. The van der Waals surface area contributed by atoms with Gasteiger partial charge in [0, 0.05) is 18.6 Å². The molecule has 3 nitrogen and oxygen atoms in total. The van der Waals surface area contributed by atoms with E-state index >= 15 is 0 Å². The van der Waals surface area contributed by atoms with Crippen LogP contribution in [0.1, 0.15) is 11.1 Å². The minimum atomic E-state index is -1.78. The molecule has 0 spiro atoms. The minimum Gasteiger partial charge on any atom is -0.423 e. The fourth-order valence-corrected chi connectivity index (χ4v) is 1.85. The second-order valence-corrected chi connectivity index (χ2v) is 4.32. The van der Waals surface area contributed by atoms with Gasteiger partial charge >= 0.3 is 7.12 Å². The smallest absolute Gasteiger partial charge is 0.423 e. The Morgan fingerprint density at radius 1 is 0.947 bits per heavy atom. The zero-order valence-corrected chi connectivity index (χ0v) is 10.4. The van der Waals surface area contributed by atoms with Crippen molar-refractivity contribution in [2.45, 2.75) is 13.1 Å². The van der Waals surface area contributed by atoms with Crippen molar-refractivity contribution in [1.82, 2.24) is 5.32 Å². The second kappa shape index (κ2) is 6.47. The van der Waals surface area contributed by atoms with Crippen LogP contribution >= 0.6 is 0 Å². The Labute approximate surface area is 111 Å². The highest BCUT2D eigenvalue weighted by Gasteiger charge is 2.16. The predicted molar refractivity (Wildman–Crippen MR) is 73.2 cm³/mol. The first kappa shape index (κ1) is 13.7. The highest BCUT2D eigenvalue weighted by molar-refractivity contribution is 6.58. The van der Waals surface area contributed by atoms with Gasteiger partial charge in [-0.25, -0.2) is 4.39 Å². The second-order valence-electron chi connectivity index (χ2n) is 4.32.